The molecule has 0 spiro atoms. The van der Waals surface area contributed by atoms with E-state index in [2.05, 4.69) is 30.1 Å². The van der Waals surface area contributed by atoms with Crippen LogP contribution in [0.4, 0.5) is 0 Å². The summed E-state index contributed by atoms with van der Waals surface area (Å²) in [6, 6.07) is 9.71. The van der Waals surface area contributed by atoms with Gasteiger partial charge in [-0.2, -0.15) is 0 Å². The molecule has 3 rings (SSSR count). The molecule has 0 aromatic heterocycles. The molecule has 0 radical (unpaired) electrons. The first kappa shape index (κ1) is 22.0. The molecule has 1 saturated heterocycles. The number of rotatable bonds is 8. The Labute approximate surface area is 176 Å². The molecule has 2 aliphatic rings. The van der Waals surface area contributed by atoms with Crippen molar-refractivity contribution in [2.45, 2.75) is 76.9 Å². The molecule has 160 valence electrons. The molecular formula is C25H38N2O2. The largest absolute Gasteiger partial charge is 0.375 e. The molecule has 1 amide bonds. The maximum Gasteiger partial charge on any atom is 0.257 e. The van der Waals surface area contributed by atoms with E-state index >= 15 is 0 Å². The van der Waals surface area contributed by atoms with Crippen molar-refractivity contribution in [1.29, 1.82) is 0 Å². The number of carbonyl (C=O) groups is 1. The van der Waals surface area contributed by atoms with Gasteiger partial charge in [0, 0.05) is 31.6 Å². The third-order valence-corrected chi connectivity index (χ3v) is 6.80. The zero-order chi connectivity index (χ0) is 20.7. The van der Waals surface area contributed by atoms with Crippen molar-refractivity contribution in [3.8, 4) is 0 Å². The minimum Gasteiger partial charge on any atom is -0.375 e. The lowest BCUT2D eigenvalue weighted by atomic mass is 9.79. The second-order valence-corrected chi connectivity index (χ2v) is 8.91. The highest BCUT2D eigenvalue weighted by Gasteiger charge is 2.46. The maximum absolute atomic E-state index is 13.3. The van der Waals surface area contributed by atoms with Gasteiger partial charge in [0.15, 0.2) is 5.60 Å². The topological polar surface area (TPSA) is 52.6 Å². The molecule has 1 aliphatic heterocycles. The Balaban J connectivity index is 1.58. The second-order valence-electron chi connectivity index (χ2n) is 8.91. The number of allylic oxidation sites excluding steroid dienone is 1. The van der Waals surface area contributed by atoms with Crippen LogP contribution >= 0.6 is 0 Å². The molecular weight excluding hydrogens is 360 g/mol. The van der Waals surface area contributed by atoms with Crippen molar-refractivity contribution in [1.82, 2.24) is 10.2 Å². The Hall–Kier alpha value is -1.65. The highest BCUT2D eigenvalue weighted by Crippen LogP contribution is 2.41. The van der Waals surface area contributed by atoms with Crippen molar-refractivity contribution in [3.05, 3.63) is 47.5 Å². The number of hydrogen-bond donors (Lipinski definition) is 2. The molecule has 1 unspecified atom stereocenters. The molecule has 4 nitrogen and oxygen atoms in total. The zero-order valence-corrected chi connectivity index (χ0v) is 18.2. The van der Waals surface area contributed by atoms with Gasteiger partial charge < -0.3 is 15.3 Å². The quantitative estimate of drug-likeness (QED) is 0.639. The number of nitrogens with one attached hydrogen (secondary N) is 1. The number of piperidine rings is 1. The average molecular weight is 399 g/mol. The number of benzene rings is 1. The highest BCUT2D eigenvalue weighted by molar-refractivity contribution is 5.87. The van der Waals surface area contributed by atoms with E-state index in [0.717, 1.165) is 76.6 Å². The summed E-state index contributed by atoms with van der Waals surface area (Å²) in [7, 11) is 0. The van der Waals surface area contributed by atoms with E-state index in [9.17, 15) is 9.90 Å². The molecule has 1 atom stereocenters. The minimum atomic E-state index is -1.41. The van der Waals surface area contributed by atoms with Crippen LogP contribution in [0.1, 0.15) is 70.8 Å². The van der Waals surface area contributed by atoms with Gasteiger partial charge in [0.1, 0.15) is 0 Å². The summed E-state index contributed by atoms with van der Waals surface area (Å²) >= 11 is 0. The predicted octanol–water partition coefficient (Wildman–Crippen LogP) is 4.39. The molecule has 1 heterocycles. The minimum absolute atomic E-state index is 0.0123. The first-order chi connectivity index (χ1) is 14.0. The number of aliphatic hydroxyl groups is 1. The van der Waals surface area contributed by atoms with E-state index in [-0.39, 0.29) is 17.9 Å². The predicted molar refractivity (Wildman–Crippen MR) is 119 cm³/mol. The monoisotopic (exact) mass is 398 g/mol. The molecule has 1 aliphatic carbocycles. The fraction of sp³-hybridized carbons (Fsp3) is 0.640. The normalized spacial score (nSPS) is 21.8. The van der Waals surface area contributed by atoms with Crippen molar-refractivity contribution >= 4 is 5.91 Å². The van der Waals surface area contributed by atoms with Crippen LogP contribution in [0.3, 0.4) is 0 Å². The van der Waals surface area contributed by atoms with E-state index in [4.69, 9.17) is 0 Å². The summed E-state index contributed by atoms with van der Waals surface area (Å²) in [5.74, 6) is -0.186. The summed E-state index contributed by atoms with van der Waals surface area (Å²) in [4.78, 5) is 15.8. The van der Waals surface area contributed by atoms with E-state index in [1.807, 2.05) is 30.3 Å². The molecule has 0 bridgehead atoms. The zero-order valence-electron chi connectivity index (χ0n) is 18.2. The molecule has 1 aromatic carbocycles. The van der Waals surface area contributed by atoms with Crippen LogP contribution in [0, 0.1) is 5.92 Å². The Morgan fingerprint density at radius 1 is 1.17 bits per heavy atom. The summed E-state index contributed by atoms with van der Waals surface area (Å²) in [5.41, 5.74) is 0.796. The van der Waals surface area contributed by atoms with Gasteiger partial charge in [0.05, 0.1) is 0 Å². The van der Waals surface area contributed by atoms with Gasteiger partial charge >= 0.3 is 0 Å². The van der Waals surface area contributed by atoms with Gasteiger partial charge in [0.25, 0.3) is 5.91 Å². The number of carbonyl (C=O) groups excluding carboxylic acids is 1. The van der Waals surface area contributed by atoms with Gasteiger partial charge in [-0.1, -0.05) is 61.7 Å². The standard InChI is InChI=1S/C25H38N2O2/c1-3-9-20(2)14-17-27-18-15-23(16-19-27)26-24(28)25(29,22-12-7-8-13-22)21-10-5-4-6-11-21/h4-6,9-11,22-23,29H,3,7-8,12-19H2,1-2H3,(H,26,28)/b20-9-. The van der Waals surface area contributed by atoms with E-state index in [0.29, 0.717) is 0 Å². The third kappa shape index (κ3) is 5.49. The van der Waals surface area contributed by atoms with Crippen LogP contribution in [0.5, 0.6) is 0 Å². The highest BCUT2D eigenvalue weighted by atomic mass is 16.3. The lowest BCUT2D eigenvalue weighted by molar-refractivity contribution is -0.148. The fourth-order valence-electron chi connectivity index (χ4n) is 4.97. The molecule has 1 aromatic rings. The van der Waals surface area contributed by atoms with Gasteiger partial charge in [0.2, 0.25) is 0 Å². The fourth-order valence-corrected chi connectivity index (χ4v) is 4.97. The smallest absolute Gasteiger partial charge is 0.257 e. The number of likely N-dealkylation sites (tertiary alicyclic amines) is 1. The Morgan fingerprint density at radius 2 is 1.83 bits per heavy atom. The lowest BCUT2D eigenvalue weighted by Crippen LogP contribution is -2.54. The molecule has 1 saturated carbocycles. The Kier molecular flexibility index (Phi) is 7.91. The Morgan fingerprint density at radius 3 is 2.45 bits per heavy atom. The van der Waals surface area contributed by atoms with Crippen LogP contribution in [0.25, 0.3) is 0 Å². The van der Waals surface area contributed by atoms with Crippen LogP contribution < -0.4 is 5.32 Å². The molecule has 29 heavy (non-hydrogen) atoms. The van der Waals surface area contributed by atoms with E-state index in [1.54, 1.807) is 0 Å². The van der Waals surface area contributed by atoms with Crippen LogP contribution in [0.15, 0.2) is 42.0 Å². The van der Waals surface area contributed by atoms with E-state index < -0.39 is 5.60 Å². The van der Waals surface area contributed by atoms with Crippen LogP contribution in [-0.4, -0.2) is 41.6 Å². The summed E-state index contributed by atoms with van der Waals surface area (Å²) in [5, 5.41) is 14.8. The average Bonchev–Trinajstić information content (AvgIpc) is 3.29. The van der Waals surface area contributed by atoms with Gasteiger partial charge in [-0.05, 0) is 51.0 Å². The molecule has 2 N–H and O–H groups in total. The van der Waals surface area contributed by atoms with Gasteiger partial charge in [-0.15, -0.1) is 0 Å². The summed E-state index contributed by atoms with van der Waals surface area (Å²) < 4.78 is 0. The summed E-state index contributed by atoms with van der Waals surface area (Å²) in [6.07, 6.45) is 10.5. The van der Waals surface area contributed by atoms with Crippen LogP contribution in [0.2, 0.25) is 0 Å². The van der Waals surface area contributed by atoms with Crippen molar-refractivity contribution < 1.29 is 9.90 Å². The second kappa shape index (κ2) is 10.4. The number of hydrogen-bond acceptors (Lipinski definition) is 3. The van der Waals surface area contributed by atoms with Crippen molar-refractivity contribution in [2.24, 2.45) is 5.92 Å². The third-order valence-electron chi connectivity index (χ3n) is 6.80. The molecule has 2 fully saturated rings. The van der Waals surface area contributed by atoms with Crippen molar-refractivity contribution in [2.75, 3.05) is 19.6 Å². The first-order valence-corrected chi connectivity index (χ1v) is 11.5. The Bertz CT molecular complexity index is 673. The van der Waals surface area contributed by atoms with Crippen molar-refractivity contribution in [3.63, 3.8) is 0 Å². The molecule has 4 heteroatoms. The SMILES string of the molecule is CC/C=C(/C)CCN1CCC(NC(=O)C(O)(c2ccccc2)C2CCCC2)CC1. The number of amides is 1. The number of nitrogens with zero attached hydrogens (tertiary/aromatic N) is 1. The first-order valence-electron chi connectivity index (χ1n) is 11.5. The van der Waals surface area contributed by atoms with E-state index in [1.165, 1.54) is 5.57 Å². The van der Waals surface area contributed by atoms with Crippen LogP contribution in [-0.2, 0) is 10.4 Å². The summed E-state index contributed by atoms with van der Waals surface area (Å²) in [6.45, 7) is 7.51. The lowest BCUT2D eigenvalue weighted by Gasteiger charge is -2.37. The maximum atomic E-state index is 13.3. The van der Waals surface area contributed by atoms with Gasteiger partial charge in [-0.3, -0.25) is 4.79 Å². The van der Waals surface area contributed by atoms with Gasteiger partial charge in [-0.25, -0.2) is 0 Å².